The van der Waals surface area contributed by atoms with E-state index in [1.807, 2.05) is 18.2 Å². The van der Waals surface area contributed by atoms with E-state index < -0.39 is 0 Å². The van der Waals surface area contributed by atoms with E-state index in [1.165, 1.54) is 4.90 Å². The molecule has 0 aliphatic heterocycles. The summed E-state index contributed by atoms with van der Waals surface area (Å²) in [5.74, 6) is 2.46. The molecule has 102 valence electrons. The Hall–Kier alpha value is -1.33. The fourth-order valence-corrected chi connectivity index (χ4v) is 2.40. The zero-order chi connectivity index (χ0) is 13.5. The first-order valence-electron chi connectivity index (χ1n) is 6.50. The molecule has 19 heavy (non-hydrogen) atoms. The Morgan fingerprint density at radius 2 is 2.11 bits per heavy atom. The molecule has 5 heteroatoms. The molecule has 1 N–H and O–H groups in total. The molecule has 0 radical (unpaired) electrons. The fourth-order valence-electron chi connectivity index (χ4n) is 1.64. The normalized spacial score (nSPS) is 12.5. The van der Waals surface area contributed by atoms with Gasteiger partial charge >= 0.3 is 0 Å². The largest absolute Gasteiger partial charge is 0.339 e. The number of hydrogen-bond acceptors (Lipinski definition) is 5. The molecule has 1 atom stereocenters. The van der Waals surface area contributed by atoms with Crippen molar-refractivity contribution in [2.45, 2.75) is 30.4 Å². The third-order valence-corrected chi connectivity index (χ3v) is 3.73. The van der Waals surface area contributed by atoms with Gasteiger partial charge in [0.05, 0.1) is 5.75 Å². The Bertz CT molecular complexity index is 486. The lowest BCUT2D eigenvalue weighted by Crippen LogP contribution is -2.19. The number of nitrogens with one attached hydrogen (secondary N) is 1. The highest BCUT2D eigenvalue weighted by Crippen LogP contribution is 2.21. The lowest BCUT2D eigenvalue weighted by atomic mass is 10.2. The second kappa shape index (κ2) is 7.31. The highest BCUT2D eigenvalue weighted by molar-refractivity contribution is 7.98. The van der Waals surface area contributed by atoms with Crippen LogP contribution >= 0.6 is 11.8 Å². The van der Waals surface area contributed by atoms with E-state index in [9.17, 15) is 0 Å². The van der Waals surface area contributed by atoms with E-state index in [0.717, 1.165) is 24.7 Å². The molecule has 1 heterocycles. The first-order valence-corrected chi connectivity index (χ1v) is 7.49. The van der Waals surface area contributed by atoms with Crippen molar-refractivity contribution in [2.24, 2.45) is 0 Å². The second-order valence-electron chi connectivity index (χ2n) is 4.36. The number of thioether (sulfide) groups is 1. The Morgan fingerprint density at radius 1 is 1.32 bits per heavy atom. The van der Waals surface area contributed by atoms with Gasteiger partial charge < -0.3 is 9.84 Å². The van der Waals surface area contributed by atoms with Crippen molar-refractivity contribution in [1.29, 1.82) is 0 Å². The van der Waals surface area contributed by atoms with Crippen LogP contribution in [0.5, 0.6) is 0 Å². The van der Waals surface area contributed by atoms with Crippen LogP contribution in [0.1, 0.15) is 31.5 Å². The van der Waals surface area contributed by atoms with Crippen LogP contribution in [-0.4, -0.2) is 23.2 Å². The van der Waals surface area contributed by atoms with Crippen LogP contribution in [0.15, 0.2) is 39.8 Å². The van der Waals surface area contributed by atoms with Gasteiger partial charge in [0.15, 0.2) is 5.82 Å². The molecule has 1 aromatic carbocycles. The van der Waals surface area contributed by atoms with Gasteiger partial charge in [0.2, 0.25) is 5.89 Å². The Morgan fingerprint density at radius 3 is 2.84 bits per heavy atom. The van der Waals surface area contributed by atoms with Gasteiger partial charge in [-0.3, -0.25) is 0 Å². The van der Waals surface area contributed by atoms with Crippen molar-refractivity contribution >= 4 is 11.8 Å². The van der Waals surface area contributed by atoms with E-state index in [0.29, 0.717) is 5.89 Å². The van der Waals surface area contributed by atoms with E-state index in [4.69, 9.17) is 4.52 Å². The number of nitrogens with zero attached hydrogens (tertiary/aromatic N) is 2. The molecule has 0 spiro atoms. The predicted molar refractivity (Wildman–Crippen MR) is 77.3 cm³/mol. The fraction of sp³-hybridized carbons (Fsp3) is 0.429. The summed E-state index contributed by atoms with van der Waals surface area (Å²) in [5, 5.41) is 7.31. The lowest BCUT2D eigenvalue weighted by Gasteiger charge is -2.05. The van der Waals surface area contributed by atoms with E-state index in [-0.39, 0.29) is 5.92 Å². The van der Waals surface area contributed by atoms with Crippen LogP contribution in [0.2, 0.25) is 0 Å². The van der Waals surface area contributed by atoms with Gasteiger partial charge in [-0.1, -0.05) is 37.2 Å². The van der Waals surface area contributed by atoms with E-state index >= 15 is 0 Å². The molecule has 4 nitrogen and oxygen atoms in total. The molecule has 0 saturated heterocycles. The quantitative estimate of drug-likeness (QED) is 0.788. The van der Waals surface area contributed by atoms with E-state index in [2.05, 4.69) is 41.4 Å². The van der Waals surface area contributed by atoms with Gasteiger partial charge in [0.1, 0.15) is 0 Å². The van der Waals surface area contributed by atoms with Crippen LogP contribution in [0, 0.1) is 0 Å². The summed E-state index contributed by atoms with van der Waals surface area (Å²) in [6, 6.07) is 10.2. The van der Waals surface area contributed by atoms with Gasteiger partial charge in [-0.25, -0.2) is 0 Å². The summed E-state index contributed by atoms with van der Waals surface area (Å²) in [6.45, 7) is 5.99. The Balaban J connectivity index is 1.87. The van der Waals surface area contributed by atoms with Crippen LogP contribution in [0.3, 0.4) is 0 Å². The number of hydrogen-bond donors (Lipinski definition) is 1. The zero-order valence-corrected chi connectivity index (χ0v) is 12.1. The van der Waals surface area contributed by atoms with Crippen molar-refractivity contribution in [2.75, 3.05) is 13.1 Å². The summed E-state index contributed by atoms with van der Waals surface area (Å²) >= 11 is 1.72. The molecule has 1 aromatic heterocycles. The number of likely N-dealkylation sites (N-methyl/N-ethyl adjacent to an activating group) is 1. The molecule has 1 unspecified atom stereocenters. The average Bonchev–Trinajstić information content (AvgIpc) is 2.92. The molecule has 2 rings (SSSR count). The molecule has 0 saturated carbocycles. The van der Waals surface area contributed by atoms with Gasteiger partial charge in [0, 0.05) is 17.4 Å². The van der Waals surface area contributed by atoms with Gasteiger partial charge in [-0.05, 0) is 18.7 Å². The topological polar surface area (TPSA) is 51.0 Å². The first kappa shape index (κ1) is 14.1. The highest BCUT2D eigenvalue weighted by atomic mass is 32.2. The minimum atomic E-state index is 0.253. The molecule has 2 aromatic rings. The van der Waals surface area contributed by atoms with Crippen molar-refractivity contribution in [1.82, 2.24) is 15.5 Å². The van der Waals surface area contributed by atoms with Gasteiger partial charge in [0.25, 0.3) is 0 Å². The summed E-state index contributed by atoms with van der Waals surface area (Å²) < 4.78 is 5.30. The van der Waals surface area contributed by atoms with Crippen LogP contribution in [0.25, 0.3) is 0 Å². The van der Waals surface area contributed by atoms with E-state index in [1.54, 1.807) is 11.8 Å². The maximum Gasteiger partial charge on any atom is 0.230 e. The molecule has 0 bridgehead atoms. The molecule has 0 amide bonds. The number of rotatable bonds is 7. The van der Waals surface area contributed by atoms with Crippen molar-refractivity contribution < 1.29 is 4.52 Å². The summed E-state index contributed by atoms with van der Waals surface area (Å²) in [4.78, 5) is 5.66. The number of benzene rings is 1. The average molecular weight is 277 g/mol. The molecule has 0 fully saturated rings. The van der Waals surface area contributed by atoms with Gasteiger partial charge in [-0.2, -0.15) is 4.98 Å². The smallest absolute Gasteiger partial charge is 0.230 e. The maximum absolute atomic E-state index is 5.30. The zero-order valence-electron chi connectivity index (χ0n) is 11.3. The van der Waals surface area contributed by atoms with Crippen molar-refractivity contribution in [3.8, 4) is 0 Å². The second-order valence-corrected chi connectivity index (χ2v) is 5.41. The Kier molecular flexibility index (Phi) is 5.42. The van der Waals surface area contributed by atoms with Crippen molar-refractivity contribution in [3.05, 3.63) is 42.0 Å². The highest BCUT2D eigenvalue weighted by Gasteiger charge is 2.13. The third-order valence-electron chi connectivity index (χ3n) is 2.72. The lowest BCUT2D eigenvalue weighted by molar-refractivity contribution is 0.352. The third kappa shape index (κ3) is 4.36. The van der Waals surface area contributed by atoms with Crippen LogP contribution in [0.4, 0.5) is 0 Å². The predicted octanol–water partition coefficient (Wildman–Crippen LogP) is 3.07. The summed E-state index contributed by atoms with van der Waals surface area (Å²) in [7, 11) is 0. The standard InChI is InChI=1S/C14H19N3OS/c1-3-15-9-11(2)14-16-13(17-18-14)10-19-12-7-5-4-6-8-12/h4-8,11,15H,3,9-10H2,1-2H3. The SMILES string of the molecule is CCNCC(C)c1nc(CSc2ccccc2)no1. The molecular formula is C14H19N3OS. The first-order chi connectivity index (χ1) is 9.29. The van der Waals surface area contributed by atoms with Crippen LogP contribution in [-0.2, 0) is 5.75 Å². The van der Waals surface area contributed by atoms with Gasteiger partial charge in [-0.15, -0.1) is 11.8 Å². The summed E-state index contributed by atoms with van der Waals surface area (Å²) in [5.41, 5.74) is 0. The van der Waals surface area contributed by atoms with Crippen LogP contribution < -0.4 is 5.32 Å². The minimum absolute atomic E-state index is 0.253. The molecule has 0 aliphatic rings. The van der Waals surface area contributed by atoms with Crippen molar-refractivity contribution in [3.63, 3.8) is 0 Å². The molecular weight excluding hydrogens is 258 g/mol. The minimum Gasteiger partial charge on any atom is -0.339 e. The number of aromatic nitrogens is 2. The maximum atomic E-state index is 5.30. The monoisotopic (exact) mass is 277 g/mol. The molecule has 0 aliphatic carbocycles. The summed E-state index contributed by atoms with van der Waals surface area (Å²) in [6.07, 6.45) is 0. The Labute approximate surface area is 118 Å².